The van der Waals surface area contributed by atoms with Crippen LogP contribution in [-0.2, 0) is 16.1 Å². The third-order valence-electron chi connectivity index (χ3n) is 5.15. The van der Waals surface area contributed by atoms with E-state index >= 15 is 0 Å². The lowest BCUT2D eigenvalue weighted by atomic mass is 10.2. The first-order chi connectivity index (χ1) is 16.6. The van der Waals surface area contributed by atoms with E-state index in [0.717, 1.165) is 17.2 Å². The van der Waals surface area contributed by atoms with E-state index in [1.165, 1.54) is 17.7 Å². The lowest BCUT2D eigenvalue weighted by molar-refractivity contribution is -0.127. The second-order valence-corrected chi connectivity index (χ2v) is 8.98. The van der Waals surface area contributed by atoms with Gasteiger partial charge in [-0.25, -0.2) is 29.3 Å². The second-order valence-electron chi connectivity index (χ2n) is 7.38. The number of pyridine rings is 1. The Labute approximate surface area is 200 Å². The quantitative estimate of drug-likeness (QED) is 0.318. The van der Waals surface area contributed by atoms with Crippen molar-refractivity contribution in [3.8, 4) is 10.6 Å². The smallest absolute Gasteiger partial charge is 0.239 e. The number of amides is 1. The summed E-state index contributed by atoms with van der Waals surface area (Å²) in [5.41, 5.74) is 1.41. The molecule has 14 heteroatoms. The molecular formula is C20H19FN9O2SSi. The maximum atomic E-state index is 13.9. The van der Waals surface area contributed by atoms with Gasteiger partial charge in [0.15, 0.2) is 10.9 Å². The maximum Gasteiger partial charge on any atom is 0.239 e. The van der Waals surface area contributed by atoms with Crippen molar-refractivity contribution < 1.29 is 13.9 Å². The van der Waals surface area contributed by atoms with Crippen LogP contribution in [-0.4, -0.2) is 77.1 Å². The van der Waals surface area contributed by atoms with Crippen molar-refractivity contribution in [2.24, 2.45) is 0 Å². The van der Waals surface area contributed by atoms with Gasteiger partial charge in [0.1, 0.15) is 29.4 Å². The minimum atomic E-state index is -0.508. The molecule has 0 saturated carbocycles. The fraction of sp³-hybridized carbons (Fsp3) is 0.300. The van der Waals surface area contributed by atoms with Crippen molar-refractivity contribution in [2.45, 2.75) is 18.3 Å². The van der Waals surface area contributed by atoms with Gasteiger partial charge in [0.05, 0.1) is 51.7 Å². The van der Waals surface area contributed by atoms with Gasteiger partial charge in [0.25, 0.3) is 0 Å². The number of nitrogens with zero attached hydrogens (tertiary/aromatic N) is 6. The monoisotopic (exact) mass is 496 g/mol. The Bertz CT molecular complexity index is 1320. The van der Waals surface area contributed by atoms with Gasteiger partial charge in [-0.15, -0.1) is 0 Å². The molecule has 1 fully saturated rings. The van der Waals surface area contributed by atoms with Gasteiger partial charge in [0.2, 0.25) is 5.91 Å². The summed E-state index contributed by atoms with van der Waals surface area (Å²) in [7, 11) is 3.42. The summed E-state index contributed by atoms with van der Waals surface area (Å²) in [5.74, 6) is -0.0767. The lowest BCUT2D eigenvalue weighted by Crippen LogP contribution is -2.57. The van der Waals surface area contributed by atoms with Crippen LogP contribution in [0.5, 0.6) is 0 Å². The SMILES string of the molecule is O=C(NCCn1cnc2cnc(Nc3ncc(-c4ncncc4F)s3)cc21)[C@H]1NCCOC1[Si]. The molecule has 4 aromatic rings. The van der Waals surface area contributed by atoms with Gasteiger partial charge in [0, 0.05) is 31.9 Å². The van der Waals surface area contributed by atoms with Crippen molar-refractivity contribution in [3.63, 3.8) is 0 Å². The number of hydrogen-bond donors (Lipinski definition) is 3. The Kier molecular flexibility index (Phi) is 6.53. The van der Waals surface area contributed by atoms with Crippen molar-refractivity contribution >= 4 is 49.5 Å². The van der Waals surface area contributed by atoms with Crippen molar-refractivity contribution in [1.29, 1.82) is 0 Å². The van der Waals surface area contributed by atoms with Crippen LogP contribution in [0, 0.1) is 5.82 Å². The van der Waals surface area contributed by atoms with E-state index < -0.39 is 11.9 Å². The molecule has 5 rings (SSSR count). The topological polar surface area (TPSA) is 132 Å². The van der Waals surface area contributed by atoms with Crippen LogP contribution in [0.1, 0.15) is 0 Å². The van der Waals surface area contributed by atoms with E-state index in [0.29, 0.717) is 42.1 Å². The van der Waals surface area contributed by atoms with Gasteiger partial charge < -0.3 is 25.3 Å². The zero-order valence-corrected chi connectivity index (χ0v) is 19.5. The standard InChI is InChI=1S/C20H19FN9O2SSi/c21-11-6-22-9-27-16(11)14-8-26-20(33-14)29-15-5-13-12(7-25-15)28-10-30(13)3-1-24-18(31)17-19(34)32-4-2-23-17/h5-10,17,19,23H,1-4H2,(H,24,31)(H,25,26,29)/t17-,19?/m1/s1. The highest BCUT2D eigenvalue weighted by Crippen LogP contribution is 2.30. The molecule has 1 aliphatic rings. The molecule has 11 nitrogen and oxygen atoms in total. The molecule has 173 valence electrons. The van der Waals surface area contributed by atoms with Crippen LogP contribution < -0.4 is 16.0 Å². The van der Waals surface area contributed by atoms with E-state index in [9.17, 15) is 9.18 Å². The van der Waals surface area contributed by atoms with Gasteiger partial charge in [-0.2, -0.15) is 0 Å². The van der Waals surface area contributed by atoms with Gasteiger partial charge in [-0.3, -0.25) is 4.79 Å². The molecule has 2 atom stereocenters. The van der Waals surface area contributed by atoms with Crippen LogP contribution in [0.3, 0.4) is 0 Å². The van der Waals surface area contributed by atoms with Gasteiger partial charge in [-0.1, -0.05) is 11.3 Å². The molecule has 34 heavy (non-hydrogen) atoms. The number of aromatic nitrogens is 6. The number of morpholine rings is 1. The minimum Gasteiger partial charge on any atom is -0.379 e. The lowest BCUT2D eigenvalue weighted by Gasteiger charge is -2.29. The number of halogens is 1. The van der Waals surface area contributed by atoms with Gasteiger partial charge in [-0.05, 0) is 0 Å². The molecule has 0 bridgehead atoms. The average molecular weight is 497 g/mol. The molecule has 5 heterocycles. The first-order valence-corrected chi connectivity index (χ1v) is 11.8. The highest BCUT2D eigenvalue weighted by Gasteiger charge is 2.27. The van der Waals surface area contributed by atoms with Crippen LogP contribution in [0.2, 0.25) is 0 Å². The Hall–Kier alpha value is -3.33. The van der Waals surface area contributed by atoms with Crippen LogP contribution in [0.4, 0.5) is 15.3 Å². The third kappa shape index (κ3) is 4.79. The van der Waals surface area contributed by atoms with E-state index in [4.69, 9.17) is 4.74 Å². The number of fused-ring (bicyclic) bond motifs is 1. The highest BCUT2D eigenvalue weighted by molar-refractivity contribution is 7.18. The highest BCUT2D eigenvalue weighted by atomic mass is 32.1. The van der Waals surface area contributed by atoms with Crippen LogP contribution >= 0.6 is 11.3 Å². The minimum absolute atomic E-state index is 0.132. The van der Waals surface area contributed by atoms with Crippen molar-refractivity contribution in [2.75, 3.05) is 25.0 Å². The van der Waals surface area contributed by atoms with E-state index in [-0.39, 0.29) is 17.3 Å². The fourth-order valence-corrected chi connectivity index (χ4v) is 4.70. The molecular weight excluding hydrogens is 477 g/mol. The first-order valence-electron chi connectivity index (χ1n) is 10.4. The second kappa shape index (κ2) is 9.88. The summed E-state index contributed by atoms with van der Waals surface area (Å²) in [6.07, 6.45) is 7.32. The molecule has 0 aliphatic carbocycles. The number of nitrogens with one attached hydrogen (secondary N) is 3. The number of rotatable bonds is 7. The number of carbonyl (C=O) groups excluding carboxylic acids is 1. The fourth-order valence-electron chi connectivity index (χ4n) is 3.50. The summed E-state index contributed by atoms with van der Waals surface area (Å²) < 4.78 is 21.3. The Morgan fingerprint density at radius 3 is 3.06 bits per heavy atom. The van der Waals surface area contributed by atoms with E-state index in [1.807, 2.05) is 10.6 Å². The zero-order valence-electron chi connectivity index (χ0n) is 17.7. The van der Waals surface area contributed by atoms with Gasteiger partial charge >= 0.3 is 0 Å². The molecule has 3 radical (unpaired) electrons. The molecule has 0 aromatic carbocycles. The number of imidazole rings is 1. The zero-order chi connectivity index (χ0) is 23.5. The molecule has 1 saturated heterocycles. The summed E-state index contributed by atoms with van der Waals surface area (Å²) in [6, 6.07) is 1.41. The van der Waals surface area contributed by atoms with E-state index in [2.05, 4.69) is 51.1 Å². The van der Waals surface area contributed by atoms with Crippen LogP contribution in [0.15, 0.2) is 37.3 Å². The third-order valence-corrected chi connectivity index (χ3v) is 6.57. The molecule has 0 spiro atoms. The number of ether oxygens (including phenoxy) is 1. The van der Waals surface area contributed by atoms with Crippen molar-refractivity contribution in [1.82, 2.24) is 40.1 Å². The normalized spacial score (nSPS) is 18.2. The molecule has 1 unspecified atom stereocenters. The Morgan fingerprint density at radius 2 is 2.21 bits per heavy atom. The van der Waals surface area contributed by atoms with E-state index in [1.54, 1.807) is 18.7 Å². The largest absolute Gasteiger partial charge is 0.379 e. The molecule has 4 aromatic heterocycles. The summed E-state index contributed by atoms with van der Waals surface area (Å²) in [4.78, 5) is 33.7. The number of carbonyl (C=O) groups is 1. The first kappa shape index (κ1) is 22.5. The molecule has 3 N–H and O–H groups in total. The number of hydrogen-bond acceptors (Lipinski definition) is 10. The summed E-state index contributed by atoms with van der Waals surface area (Å²) in [6.45, 7) is 2.14. The van der Waals surface area contributed by atoms with Crippen LogP contribution in [0.25, 0.3) is 21.6 Å². The molecule has 1 amide bonds. The Morgan fingerprint density at radius 1 is 1.29 bits per heavy atom. The predicted octanol–water partition coefficient (Wildman–Crippen LogP) is 0.827. The average Bonchev–Trinajstić information content (AvgIpc) is 3.47. The number of thiazole rings is 1. The summed E-state index contributed by atoms with van der Waals surface area (Å²) in [5, 5.41) is 9.74. The maximum absolute atomic E-state index is 13.9. The van der Waals surface area contributed by atoms with Crippen molar-refractivity contribution in [3.05, 3.63) is 43.1 Å². The summed E-state index contributed by atoms with van der Waals surface area (Å²) >= 11 is 1.25. The Balaban J connectivity index is 1.24. The molecule has 1 aliphatic heterocycles. The number of anilines is 2. The predicted molar refractivity (Wildman–Crippen MR) is 124 cm³/mol.